The lowest BCUT2D eigenvalue weighted by atomic mass is 10.0. The standard InChI is InChI=1S/C19H21FN2O3/c1-13(2)17(21-18(23)15-8-10-16(20)11-9-15)19(24)22-25-12-14-6-4-3-5-7-14/h3-11,13,17H,12H2,1-2H3,(H,21,23)(H,22,24)/t17-/m0/s1. The minimum absolute atomic E-state index is 0.148. The van der Waals surface area contributed by atoms with E-state index in [2.05, 4.69) is 10.8 Å². The third-order valence-electron chi connectivity index (χ3n) is 3.60. The van der Waals surface area contributed by atoms with E-state index in [1.54, 1.807) is 0 Å². The molecule has 2 aromatic rings. The summed E-state index contributed by atoms with van der Waals surface area (Å²) in [5, 5.41) is 2.65. The second kappa shape index (κ2) is 8.94. The van der Waals surface area contributed by atoms with E-state index in [9.17, 15) is 14.0 Å². The monoisotopic (exact) mass is 344 g/mol. The van der Waals surface area contributed by atoms with Crippen LogP contribution in [0.15, 0.2) is 54.6 Å². The minimum Gasteiger partial charge on any atom is -0.340 e. The van der Waals surface area contributed by atoms with Gasteiger partial charge in [-0.15, -0.1) is 0 Å². The number of carbonyl (C=O) groups excluding carboxylic acids is 2. The highest BCUT2D eigenvalue weighted by molar-refractivity contribution is 5.97. The Morgan fingerprint density at radius 3 is 2.28 bits per heavy atom. The summed E-state index contributed by atoms with van der Waals surface area (Å²) in [6.45, 7) is 3.85. The number of benzene rings is 2. The maximum Gasteiger partial charge on any atom is 0.266 e. The maximum atomic E-state index is 12.9. The Balaban J connectivity index is 1.91. The first-order valence-electron chi connectivity index (χ1n) is 7.99. The first-order valence-corrected chi connectivity index (χ1v) is 7.99. The first-order chi connectivity index (χ1) is 12.0. The molecule has 0 bridgehead atoms. The maximum absolute atomic E-state index is 12.9. The van der Waals surface area contributed by atoms with Crippen LogP contribution in [0.4, 0.5) is 4.39 Å². The van der Waals surface area contributed by atoms with Crippen LogP contribution in [0, 0.1) is 11.7 Å². The molecule has 0 saturated carbocycles. The normalized spacial score (nSPS) is 11.8. The molecule has 0 aliphatic rings. The number of hydrogen-bond acceptors (Lipinski definition) is 3. The smallest absolute Gasteiger partial charge is 0.266 e. The van der Waals surface area contributed by atoms with Crippen molar-refractivity contribution in [1.29, 1.82) is 0 Å². The molecule has 0 heterocycles. The van der Waals surface area contributed by atoms with Crippen LogP contribution in [0.2, 0.25) is 0 Å². The molecule has 2 aromatic carbocycles. The van der Waals surface area contributed by atoms with Gasteiger partial charge < -0.3 is 5.32 Å². The zero-order chi connectivity index (χ0) is 18.2. The van der Waals surface area contributed by atoms with Crippen molar-refractivity contribution in [2.75, 3.05) is 0 Å². The van der Waals surface area contributed by atoms with Gasteiger partial charge in [0.1, 0.15) is 11.9 Å². The quantitative estimate of drug-likeness (QED) is 0.759. The summed E-state index contributed by atoms with van der Waals surface area (Å²) >= 11 is 0. The van der Waals surface area contributed by atoms with Gasteiger partial charge in [-0.25, -0.2) is 9.87 Å². The summed E-state index contributed by atoms with van der Waals surface area (Å²) in [6.07, 6.45) is 0. The summed E-state index contributed by atoms with van der Waals surface area (Å²) in [5.41, 5.74) is 3.56. The predicted molar refractivity (Wildman–Crippen MR) is 91.9 cm³/mol. The first kappa shape index (κ1) is 18.6. The van der Waals surface area contributed by atoms with Crippen LogP contribution in [0.3, 0.4) is 0 Å². The predicted octanol–water partition coefficient (Wildman–Crippen LogP) is 2.83. The Kier molecular flexibility index (Phi) is 6.65. The van der Waals surface area contributed by atoms with Crippen LogP contribution < -0.4 is 10.8 Å². The van der Waals surface area contributed by atoms with E-state index in [0.29, 0.717) is 0 Å². The van der Waals surface area contributed by atoms with Crippen molar-refractivity contribution in [3.05, 3.63) is 71.5 Å². The van der Waals surface area contributed by atoms with Gasteiger partial charge in [0.2, 0.25) is 0 Å². The van der Waals surface area contributed by atoms with Crippen molar-refractivity contribution < 1.29 is 18.8 Å². The van der Waals surface area contributed by atoms with Crippen molar-refractivity contribution in [3.8, 4) is 0 Å². The summed E-state index contributed by atoms with van der Waals surface area (Å²) in [4.78, 5) is 29.7. The molecule has 0 spiro atoms. The van der Waals surface area contributed by atoms with E-state index < -0.39 is 23.7 Å². The Hall–Kier alpha value is -2.73. The van der Waals surface area contributed by atoms with E-state index >= 15 is 0 Å². The lowest BCUT2D eigenvalue weighted by Crippen LogP contribution is -2.49. The van der Waals surface area contributed by atoms with Crippen molar-refractivity contribution in [3.63, 3.8) is 0 Å². The number of rotatable bonds is 7. The molecule has 1 atom stereocenters. The Labute approximate surface area is 146 Å². The SMILES string of the molecule is CC(C)[C@H](NC(=O)c1ccc(F)cc1)C(=O)NOCc1ccccc1. The van der Waals surface area contributed by atoms with Gasteiger partial charge in [0.05, 0.1) is 6.61 Å². The van der Waals surface area contributed by atoms with E-state index in [4.69, 9.17) is 4.84 Å². The number of nitrogens with one attached hydrogen (secondary N) is 2. The van der Waals surface area contributed by atoms with Gasteiger partial charge in [0.15, 0.2) is 0 Å². The van der Waals surface area contributed by atoms with E-state index in [0.717, 1.165) is 5.56 Å². The fourth-order valence-corrected chi connectivity index (χ4v) is 2.19. The molecule has 2 N–H and O–H groups in total. The van der Waals surface area contributed by atoms with Crippen molar-refractivity contribution in [1.82, 2.24) is 10.8 Å². The summed E-state index contributed by atoms with van der Waals surface area (Å²) in [5.74, 6) is -1.47. The Morgan fingerprint density at radius 1 is 1.04 bits per heavy atom. The number of hydroxylamine groups is 1. The van der Waals surface area contributed by atoms with Crippen LogP contribution in [-0.2, 0) is 16.2 Å². The molecule has 0 saturated heterocycles. The molecular weight excluding hydrogens is 323 g/mol. The minimum atomic E-state index is -0.770. The summed E-state index contributed by atoms with van der Waals surface area (Å²) in [6, 6.07) is 13.8. The average molecular weight is 344 g/mol. The zero-order valence-corrected chi connectivity index (χ0v) is 14.2. The van der Waals surface area contributed by atoms with Gasteiger partial charge in [-0.2, -0.15) is 0 Å². The number of halogens is 1. The van der Waals surface area contributed by atoms with Gasteiger partial charge >= 0.3 is 0 Å². The Morgan fingerprint density at radius 2 is 1.68 bits per heavy atom. The van der Waals surface area contributed by atoms with Crippen molar-refractivity contribution >= 4 is 11.8 Å². The molecule has 0 aliphatic carbocycles. The lowest BCUT2D eigenvalue weighted by molar-refractivity contribution is -0.137. The molecule has 2 rings (SSSR count). The molecular formula is C19H21FN2O3. The second-order valence-electron chi connectivity index (χ2n) is 5.94. The van der Waals surface area contributed by atoms with Gasteiger partial charge in [-0.1, -0.05) is 44.2 Å². The highest BCUT2D eigenvalue weighted by Gasteiger charge is 2.25. The van der Waals surface area contributed by atoms with Crippen molar-refractivity contribution in [2.45, 2.75) is 26.5 Å². The number of carbonyl (C=O) groups is 2. The van der Waals surface area contributed by atoms with Gasteiger partial charge in [-0.3, -0.25) is 14.4 Å². The van der Waals surface area contributed by atoms with Gasteiger partial charge in [0, 0.05) is 5.56 Å². The van der Waals surface area contributed by atoms with E-state index in [1.807, 2.05) is 44.2 Å². The van der Waals surface area contributed by atoms with E-state index in [1.165, 1.54) is 24.3 Å². The molecule has 0 radical (unpaired) electrons. The molecule has 0 aliphatic heterocycles. The topological polar surface area (TPSA) is 67.4 Å². The molecule has 25 heavy (non-hydrogen) atoms. The summed E-state index contributed by atoms with van der Waals surface area (Å²) < 4.78 is 12.9. The van der Waals surface area contributed by atoms with Crippen LogP contribution in [0.25, 0.3) is 0 Å². The molecule has 5 nitrogen and oxygen atoms in total. The summed E-state index contributed by atoms with van der Waals surface area (Å²) in [7, 11) is 0. The molecule has 132 valence electrons. The van der Waals surface area contributed by atoms with Crippen LogP contribution >= 0.6 is 0 Å². The average Bonchev–Trinajstić information content (AvgIpc) is 2.60. The highest BCUT2D eigenvalue weighted by atomic mass is 19.1. The van der Waals surface area contributed by atoms with Gasteiger partial charge in [0.25, 0.3) is 11.8 Å². The molecule has 2 amide bonds. The third-order valence-corrected chi connectivity index (χ3v) is 3.60. The molecule has 0 aromatic heterocycles. The van der Waals surface area contributed by atoms with E-state index in [-0.39, 0.29) is 18.1 Å². The fraction of sp³-hybridized carbons (Fsp3) is 0.263. The number of hydrogen-bond donors (Lipinski definition) is 2. The van der Waals surface area contributed by atoms with Crippen molar-refractivity contribution in [2.24, 2.45) is 5.92 Å². The second-order valence-corrected chi connectivity index (χ2v) is 5.94. The largest absolute Gasteiger partial charge is 0.340 e. The molecule has 6 heteroatoms. The van der Waals surface area contributed by atoms with Crippen LogP contribution in [0.5, 0.6) is 0 Å². The Bertz CT molecular complexity index is 702. The number of amides is 2. The zero-order valence-electron chi connectivity index (χ0n) is 14.2. The van der Waals surface area contributed by atoms with Crippen LogP contribution in [0.1, 0.15) is 29.8 Å². The third kappa shape index (κ3) is 5.69. The lowest BCUT2D eigenvalue weighted by Gasteiger charge is -2.21. The fourth-order valence-electron chi connectivity index (χ4n) is 2.19. The van der Waals surface area contributed by atoms with Crippen LogP contribution in [-0.4, -0.2) is 17.9 Å². The molecule has 0 unspecified atom stereocenters. The molecule has 0 fully saturated rings. The van der Waals surface area contributed by atoms with Gasteiger partial charge in [-0.05, 0) is 35.7 Å². The highest BCUT2D eigenvalue weighted by Crippen LogP contribution is 2.07.